The molecule has 1 saturated heterocycles. The highest BCUT2D eigenvalue weighted by Crippen LogP contribution is 2.22. The Hall–Kier alpha value is -0.420. The number of hydrogen-bond acceptors (Lipinski definition) is 2. The Labute approximate surface area is 100 Å². The zero-order valence-electron chi connectivity index (χ0n) is 8.08. The zero-order valence-corrected chi connectivity index (χ0v) is 10.5. The predicted octanol–water partition coefficient (Wildman–Crippen LogP) is 2.89. The first-order chi connectivity index (χ1) is 7.18. The van der Waals surface area contributed by atoms with E-state index >= 15 is 0 Å². The Bertz CT molecular complexity index is 368. The first-order valence-electron chi connectivity index (χ1n) is 4.85. The monoisotopic (exact) mass is 291 g/mol. The molecule has 1 aromatic rings. The largest absolute Gasteiger partial charge is 0.337 e. The third-order valence-corrected chi connectivity index (χ3v) is 4.09. The van der Waals surface area contributed by atoms with Crippen LogP contribution >= 0.6 is 27.3 Å². The number of thiophene rings is 1. The second-order valence-corrected chi connectivity index (χ2v) is 5.80. The molecule has 1 aliphatic rings. The number of piperidine rings is 1. The molecule has 82 valence electrons. The number of carbonyl (C=O) groups excluding carboxylic acids is 1. The van der Waals surface area contributed by atoms with Crippen LogP contribution in [0.2, 0.25) is 0 Å². The van der Waals surface area contributed by atoms with Crippen LogP contribution in [0.4, 0.5) is 4.39 Å². The van der Waals surface area contributed by atoms with Crippen LogP contribution in [0.25, 0.3) is 0 Å². The van der Waals surface area contributed by atoms with Crippen LogP contribution in [0.1, 0.15) is 22.5 Å². The van der Waals surface area contributed by atoms with Gasteiger partial charge in [0, 0.05) is 17.9 Å². The predicted molar refractivity (Wildman–Crippen MR) is 62.1 cm³/mol. The molecule has 0 aromatic carbocycles. The van der Waals surface area contributed by atoms with E-state index in [1.54, 1.807) is 10.3 Å². The van der Waals surface area contributed by atoms with E-state index in [1.807, 2.05) is 0 Å². The lowest BCUT2D eigenvalue weighted by Crippen LogP contribution is -2.40. The Morgan fingerprint density at radius 3 is 3.07 bits per heavy atom. The van der Waals surface area contributed by atoms with Crippen molar-refractivity contribution < 1.29 is 9.18 Å². The van der Waals surface area contributed by atoms with E-state index in [0.717, 1.165) is 19.4 Å². The summed E-state index contributed by atoms with van der Waals surface area (Å²) in [5.41, 5.74) is 0. The molecular weight excluding hydrogens is 281 g/mol. The highest BCUT2D eigenvalue weighted by Gasteiger charge is 2.25. The van der Waals surface area contributed by atoms with E-state index in [-0.39, 0.29) is 10.8 Å². The highest BCUT2D eigenvalue weighted by atomic mass is 79.9. The van der Waals surface area contributed by atoms with Crippen LogP contribution in [0.3, 0.4) is 0 Å². The average molecular weight is 292 g/mol. The molecule has 15 heavy (non-hydrogen) atoms. The van der Waals surface area contributed by atoms with Crippen LogP contribution in [-0.4, -0.2) is 28.7 Å². The standard InChI is InChI=1S/C10H11BrFNOS/c11-7-2-1-4-13(6-7)10(14)9-8(12)3-5-15-9/h3,5,7H,1-2,4,6H2. The molecule has 1 aromatic heterocycles. The van der Waals surface area contributed by atoms with Gasteiger partial charge in [0.05, 0.1) is 0 Å². The van der Waals surface area contributed by atoms with Gasteiger partial charge in [-0.15, -0.1) is 11.3 Å². The summed E-state index contributed by atoms with van der Waals surface area (Å²) in [5.74, 6) is -0.576. The summed E-state index contributed by atoms with van der Waals surface area (Å²) in [5, 5.41) is 1.61. The van der Waals surface area contributed by atoms with Crippen LogP contribution in [0, 0.1) is 5.82 Å². The van der Waals surface area contributed by atoms with E-state index in [1.165, 1.54) is 17.4 Å². The molecule has 1 fully saturated rings. The van der Waals surface area contributed by atoms with E-state index in [9.17, 15) is 9.18 Å². The normalized spacial score (nSPS) is 21.7. The quantitative estimate of drug-likeness (QED) is 0.729. The number of carbonyl (C=O) groups is 1. The fourth-order valence-corrected chi connectivity index (χ4v) is 3.11. The smallest absolute Gasteiger partial charge is 0.266 e. The topological polar surface area (TPSA) is 20.3 Å². The minimum Gasteiger partial charge on any atom is -0.337 e. The second-order valence-electron chi connectivity index (χ2n) is 3.59. The van der Waals surface area contributed by atoms with Crippen LogP contribution in [0.15, 0.2) is 11.4 Å². The average Bonchev–Trinajstić information content (AvgIpc) is 2.63. The van der Waals surface area contributed by atoms with Gasteiger partial charge in [0.2, 0.25) is 0 Å². The minimum atomic E-state index is -0.401. The minimum absolute atomic E-state index is 0.174. The molecule has 2 heterocycles. The molecule has 1 atom stereocenters. The SMILES string of the molecule is O=C(c1sccc1F)N1CCCC(Br)C1. The molecule has 1 aliphatic heterocycles. The molecule has 0 spiro atoms. The highest BCUT2D eigenvalue weighted by molar-refractivity contribution is 9.09. The molecule has 2 rings (SSSR count). The molecule has 0 saturated carbocycles. The van der Waals surface area contributed by atoms with Crippen molar-refractivity contribution in [2.75, 3.05) is 13.1 Å². The first kappa shape index (κ1) is 11.1. The lowest BCUT2D eigenvalue weighted by Gasteiger charge is -2.29. The third-order valence-electron chi connectivity index (χ3n) is 2.46. The lowest BCUT2D eigenvalue weighted by molar-refractivity contribution is 0.0730. The van der Waals surface area contributed by atoms with Gasteiger partial charge in [-0.25, -0.2) is 4.39 Å². The van der Waals surface area contributed by atoms with Crippen molar-refractivity contribution in [2.45, 2.75) is 17.7 Å². The van der Waals surface area contributed by atoms with Gasteiger partial charge in [0.15, 0.2) is 0 Å². The molecule has 0 N–H and O–H groups in total. The third kappa shape index (κ3) is 2.39. The number of alkyl halides is 1. The maximum atomic E-state index is 13.2. The Kier molecular flexibility index (Phi) is 3.41. The summed E-state index contributed by atoms with van der Waals surface area (Å²) < 4.78 is 13.2. The van der Waals surface area contributed by atoms with Crippen molar-refractivity contribution in [1.29, 1.82) is 0 Å². The van der Waals surface area contributed by atoms with Gasteiger partial charge in [-0.1, -0.05) is 15.9 Å². The van der Waals surface area contributed by atoms with Crippen molar-refractivity contribution in [3.05, 3.63) is 22.1 Å². The summed E-state index contributed by atoms with van der Waals surface area (Å²) in [6, 6.07) is 1.34. The van der Waals surface area contributed by atoms with Gasteiger partial charge in [0.25, 0.3) is 5.91 Å². The van der Waals surface area contributed by atoms with Crippen LogP contribution in [0.5, 0.6) is 0 Å². The number of nitrogens with zero attached hydrogens (tertiary/aromatic N) is 1. The van der Waals surface area contributed by atoms with E-state index < -0.39 is 5.82 Å². The maximum Gasteiger partial charge on any atom is 0.266 e. The van der Waals surface area contributed by atoms with Crippen LogP contribution < -0.4 is 0 Å². The van der Waals surface area contributed by atoms with Gasteiger partial charge in [-0.3, -0.25) is 4.79 Å². The molecule has 1 unspecified atom stereocenters. The van der Waals surface area contributed by atoms with Gasteiger partial charge >= 0.3 is 0 Å². The second kappa shape index (κ2) is 4.61. The van der Waals surface area contributed by atoms with E-state index in [2.05, 4.69) is 15.9 Å². The molecule has 1 amide bonds. The lowest BCUT2D eigenvalue weighted by atomic mass is 10.1. The fraction of sp³-hybridized carbons (Fsp3) is 0.500. The Balaban J connectivity index is 2.11. The number of halogens is 2. The zero-order chi connectivity index (χ0) is 10.8. The van der Waals surface area contributed by atoms with Crippen LogP contribution in [-0.2, 0) is 0 Å². The van der Waals surface area contributed by atoms with Crippen molar-refractivity contribution in [3.8, 4) is 0 Å². The number of rotatable bonds is 1. The molecule has 2 nitrogen and oxygen atoms in total. The first-order valence-corrected chi connectivity index (χ1v) is 6.64. The van der Waals surface area contributed by atoms with E-state index in [4.69, 9.17) is 0 Å². The summed E-state index contributed by atoms with van der Waals surface area (Å²) in [6.07, 6.45) is 2.06. The number of likely N-dealkylation sites (tertiary alicyclic amines) is 1. The van der Waals surface area contributed by atoms with Crippen molar-refractivity contribution in [3.63, 3.8) is 0 Å². The summed E-state index contributed by atoms with van der Waals surface area (Å²) in [6.45, 7) is 1.41. The summed E-state index contributed by atoms with van der Waals surface area (Å²) in [7, 11) is 0. The molecule has 0 aliphatic carbocycles. The summed E-state index contributed by atoms with van der Waals surface area (Å²) in [4.78, 5) is 14.2. The Morgan fingerprint density at radius 1 is 1.67 bits per heavy atom. The van der Waals surface area contributed by atoms with Gasteiger partial charge in [-0.2, -0.15) is 0 Å². The Morgan fingerprint density at radius 2 is 2.47 bits per heavy atom. The number of hydrogen-bond donors (Lipinski definition) is 0. The number of amides is 1. The van der Waals surface area contributed by atoms with Crippen molar-refractivity contribution >= 4 is 33.2 Å². The summed E-state index contributed by atoms with van der Waals surface area (Å²) >= 11 is 4.67. The maximum absolute atomic E-state index is 13.2. The van der Waals surface area contributed by atoms with Crippen molar-refractivity contribution in [1.82, 2.24) is 4.90 Å². The molecular formula is C10H11BrFNOS. The molecule has 0 radical (unpaired) electrons. The molecule has 0 bridgehead atoms. The molecule has 5 heteroatoms. The van der Waals surface area contributed by atoms with Crippen molar-refractivity contribution in [2.24, 2.45) is 0 Å². The van der Waals surface area contributed by atoms with E-state index in [0.29, 0.717) is 11.4 Å². The fourth-order valence-electron chi connectivity index (χ4n) is 1.70. The van der Waals surface area contributed by atoms with Gasteiger partial charge in [0.1, 0.15) is 10.7 Å². The van der Waals surface area contributed by atoms with Gasteiger partial charge in [-0.05, 0) is 24.3 Å². The van der Waals surface area contributed by atoms with Gasteiger partial charge < -0.3 is 4.90 Å².